The monoisotopic (exact) mass is 270 g/mol. The fourth-order valence-electron chi connectivity index (χ4n) is 2.69. The van der Waals surface area contributed by atoms with Crippen molar-refractivity contribution in [2.45, 2.75) is 50.7 Å². The first-order chi connectivity index (χ1) is 9.19. The van der Waals surface area contributed by atoms with Crippen molar-refractivity contribution in [2.24, 2.45) is 11.7 Å². The summed E-state index contributed by atoms with van der Waals surface area (Å²) in [5.41, 5.74) is 5.00. The van der Waals surface area contributed by atoms with Gasteiger partial charge in [-0.15, -0.1) is 0 Å². The summed E-state index contributed by atoms with van der Waals surface area (Å²) < 4.78 is 11.3. The molecule has 1 heterocycles. The number of amides is 1. The van der Waals surface area contributed by atoms with Crippen molar-refractivity contribution in [1.82, 2.24) is 5.32 Å². The topological polar surface area (TPSA) is 73.6 Å². The lowest BCUT2D eigenvalue weighted by Crippen LogP contribution is -2.61. The van der Waals surface area contributed by atoms with Crippen LogP contribution >= 0.6 is 0 Å². The number of hydrogen-bond acceptors (Lipinski definition) is 4. The second-order valence-electron chi connectivity index (χ2n) is 5.66. The van der Waals surface area contributed by atoms with E-state index in [-0.39, 0.29) is 12.0 Å². The molecule has 3 N–H and O–H groups in total. The zero-order chi connectivity index (χ0) is 13.7. The summed E-state index contributed by atoms with van der Waals surface area (Å²) in [5.74, 6) is 0.0758. The maximum atomic E-state index is 11.9. The maximum Gasteiger partial charge on any atom is 0.240 e. The second kappa shape index (κ2) is 6.68. The average Bonchev–Trinajstić information content (AvgIpc) is 3.25. The predicted octanol–water partition coefficient (Wildman–Crippen LogP) is 0.816. The van der Waals surface area contributed by atoms with E-state index in [9.17, 15) is 4.79 Å². The first-order valence-corrected chi connectivity index (χ1v) is 7.43. The number of nitrogens with two attached hydrogens (primary N) is 1. The molecule has 5 nitrogen and oxygen atoms in total. The molecule has 0 radical (unpaired) electrons. The molecule has 19 heavy (non-hydrogen) atoms. The quantitative estimate of drug-likeness (QED) is 0.685. The van der Waals surface area contributed by atoms with Crippen molar-refractivity contribution in [3.05, 3.63) is 0 Å². The Hall–Kier alpha value is -0.650. The van der Waals surface area contributed by atoms with Crippen LogP contribution in [0.3, 0.4) is 0 Å². The van der Waals surface area contributed by atoms with Gasteiger partial charge in [-0.25, -0.2) is 0 Å². The van der Waals surface area contributed by atoms with Gasteiger partial charge in [0, 0.05) is 13.2 Å². The fraction of sp³-hybridized carbons (Fsp3) is 0.929. The van der Waals surface area contributed by atoms with Crippen LogP contribution in [0.2, 0.25) is 0 Å². The number of nitrogens with one attached hydrogen (secondary N) is 1. The molecule has 2 rings (SSSR count). The van der Waals surface area contributed by atoms with Crippen molar-refractivity contribution in [1.29, 1.82) is 0 Å². The van der Waals surface area contributed by atoms with Crippen LogP contribution in [0.5, 0.6) is 0 Å². The molecule has 1 unspecified atom stereocenters. The van der Waals surface area contributed by atoms with Crippen molar-refractivity contribution in [3.63, 3.8) is 0 Å². The minimum absolute atomic E-state index is 0.203. The maximum absolute atomic E-state index is 11.9. The number of ether oxygens (including phenoxy) is 2. The minimum Gasteiger partial charge on any atom is -0.381 e. The third-order valence-corrected chi connectivity index (χ3v) is 4.12. The standard InChI is InChI=1S/C14H26N2O3/c1-2-7-16-14(13(15)17,11-3-4-11)10-19-12-5-8-18-9-6-12/h11-12,16H,2-10H2,1H3,(H2,15,17). The van der Waals surface area contributed by atoms with Gasteiger partial charge in [0.25, 0.3) is 0 Å². The van der Waals surface area contributed by atoms with Gasteiger partial charge in [-0.05, 0) is 44.6 Å². The van der Waals surface area contributed by atoms with E-state index in [1.165, 1.54) is 0 Å². The summed E-state index contributed by atoms with van der Waals surface area (Å²) in [6, 6.07) is 0. The summed E-state index contributed by atoms with van der Waals surface area (Å²) in [4.78, 5) is 11.9. The van der Waals surface area contributed by atoms with E-state index >= 15 is 0 Å². The zero-order valence-electron chi connectivity index (χ0n) is 11.8. The SMILES string of the molecule is CCCNC(COC1CCOCC1)(C(N)=O)C1CC1. The molecule has 110 valence electrons. The van der Waals surface area contributed by atoms with Crippen LogP contribution in [0, 0.1) is 5.92 Å². The molecule has 1 amide bonds. The molecule has 0 spiro atoms. The van der Waals surface area contributed by atoms with E-state index in [2.05, 4.69) is 12.2 Å². The number of primary amides is 1. The highest BCUT2D eigenvalue weighted by Gasteiger charge is 2.50. The molecular weight excluding hydrogens is 244 g/mol. The Kier molecular flexibility index (Phi) is 5.19. The average molecular weight is 270 g/mol. The lowest BCUT2D eigenvalue weighted by atomic mass is 9.92. The van der Waals surface area contributed by atoms with Gasteiger partial charge < -0.3 is 20.5 Å². The molecule has 0 aromatic heterocycles. The van der Waals surface area contributed by atoms with E-state index in [1.54, 1.807) is 0 Å². The Morgan fingerprint density at radius 2 is 2.05 bits per heavy atom. The van der Waals surface area contributed by atoms with Crippen molar-refractivity contribution >= 4 is 5.91 Å². The lowest BCUT2D eigenvalue weighted by Gasteiger charge is -2.34. The Morgan fingerprint density at radius 3 is 2.58 bits per heavy atom. The Morgan fingerprint density at radius 1 is 1.37 bits per heavy atom. The van der Waals surface area contributed by atoms with E-state index < -0.39 is 5.54 Å². The number of carbonyl (C=O) groups is 1. The summed E-state index contributed by atoms with van der Waals surface area (Å²) in [6.07, 6.45) is 5.14. The van der Waals surface area contributed by atoms with Crippen LogP contribution in [-0.2, 0) is 14.3 Å². The number of carbonyl (C=O) groups excluding carboxylic acids is 1. The van der Waals surface area contributed by atoms with Crippen LogP contribution < -0.4 is 11.1 Å². The Bertz CT molecular complexity index is 301. The Balaban J connectivity index is 1.93. The van der Waals surface area contributed by atoms with Gasteiger partial charge >= 0.3 is 0 Å². The van der Waals surface area contributed by atoms with Gasteiger partial charge in [0.2, 0.25) is 5.91 Å². The van der Waals surface area contributed by atoms with Crippen LogP contribution in [0.15, 0.2) is 0 Å². The van der Waals surface area contributed by atoms with E-state index in [0.717, 1.165) is 51.9 Å². The number of rotatable bonds is 8. The van der Waals surface area contributed by atoms with Gasteiger partial charge in [0.1, 0.15) is 5.54 Å². The van der Waals surface area contributed by atoms with Gasteiger partial charge in [-0.1, -0.05) is 6.92 Å². The minimum atomic E-state index is -0.658. The predicted molar refractivity (Wildman–Crippen MR) is 72.7 cm³/mol. The molecule has 0 aromatic rings. The largest absolute Gasteiger partial charge is 0.381 e. The van der Waals surface area contributed by atoms with E-state index in [1.807, 2.05) is 0 Å². The molecular formula is C14H26N2O3. The fourth-order valence-corrected chi connectivity index (χ4v) is 2.69. The molecule has 1 atom stereocenters. The van der Waals surface area contributed by atoms with Crippen LogP contribution in [0.25, 0.3) is 0 Å². The summed E-state index contributed by atoms with van der Waals surface area (Å²) in [7, 11) is 0. The normalized spacial score (nSPS) is 24.1. The third-order valence-electron chi connectivity index (χ3n) is 4.12. The van der Waals surface area contributed by atoms with E-state index in [4.69, 9.17) is 15.2 Å². The second-order valence-corrected chi connectivity index (χ2v) is 5.66. The third kappa shape index (κ3) is 3.68. The zero-order valence-corrected chi connectivity index (χ0v) is 11.8. The van der Waals surface area contributed by atoms with Gasteiger partial charge in [-0.3, -0.25) is 4.79 Å². The Labute approximate surface area is 115 Å². The van der Waals surface area contributed by atoms with Crippen LogP contribution in [0.1, 0.15) is 39.0 Å². The van der Waals surface area contributed by atoms with Gasteiger partial charge in [0.15, 0.2) is 0 Å². The van der Waals surface area contributed by atoms with Gasteiger partial charge in [-0.2, -0.15) is 0 Å². The van der Waals surface area contributed by atoms with Crippen LogP contribution in [0.4, 0.5) is 0 Å². The molecule has 0 aromatic carbocycles. The number of hydrogen-bond donors (Lipinski definition) is 2. The van der Waals surface area contributed by atoms with Gasteiger partial charge in [0.05, 0.1) is 12.7 Å². The highest BCUT2D eigenvalue weighted by atomic mass is 16.5. The van der Waals surface area contributed by atoms with Crippen molar-refractivity contribution in [3.8, 4) is 0 Å². The molecule has 2 aliphatic rings. The molecule has 2 fully saturated rings. The molecule has 0 bridgehead atoms. The van der Waals surface area contributed by atoms with Crippen LogP contribution in [-0.4, -0.2) is 43.9 Å². The molecule has 1 aliphatic carbocycles. The molecule has 1 saturated carbocycles. The first-order valence-electron chi connectivity index (χ1n) is 7.43. The summed E-state index contributed by atoms with van der Waals surface area (Å²) >= 11 is 0. The van der Waals surface area contributed by atoms with Crippen molar-refractivity contribution in [2.75, 3.05) is 26.4 Å². The molecule has 1 aliphatic heterocycles. The lowest BCUT2D eigenvalue weighted by molar-refractivity contribution is -0.131. The smallest absolute Gasteiger partial charge is 0.240 e. The van der Waals surface area contributed by atoms with Crippen molar-refractivity contribution < 1.29 is 14.3 Å². The first kappa shape index (κ1) is 14.8. The molecule has 5 heteroatoms. The highest BCUT2D eigenvalue weighted by molar-refractivity contribution is 5.85. The summed E-state index contributed by atoms with van der Waals surface area (Å²) in [6.45, 7) is 4.79. The highest BCUT2D eigenvalue weighted by Crippen LogP contribution is 2.40. The molecule has 1 saturated heterocycles. The summed E-state index contributed by atoms with van der Waals surface area (Å²) in [5, 5.41) is 3.35. The van der Waals surface area contributed by atoms with E-state index in [0.29, 0.717) is 12.5 Å².